The zero-order chi connectivity index (χ0) is 34.1. The number of anilines is 2. The van der Waals surface area contributed by atoms with Crippen LogP contribution in [0.4, 0.5) is 24.9 Å². The van der Waals surface area contributed by atoms with Gasteiger partial charge in [-0.2, -0.15) is 27.9 Å². The topological polar surface area (TPSA) is 170 Å². The molecule has 3 aromatic heterocycles. The van der Waals surface area contributed by atoms with Crippen LogP contribution in [0.15, 0.2) is 67.0 Å². The summed E-state index contributed by atoms with van der Waals surface area (Å²) in [5, 5.41) is 33.3. The van der Waals surface area contributed by atoms with Crippen molar-refractivity contribution in [3.63, 3.8) is 0 Å². The SMILES string of the molecule is Cc1nnn([C@H]2C[C@@H](n3cnc4c(NCC(c5ccccc5)c5ccccc5)nc(N[C@@H]5CCNC5)nc43)[C@H](OC(=O)C(F)(F)F)[C@@H]2O)n1. The van der Waals surface area contributed by atoms with E-state index in [1.807, 2.05) is 36.4 Å². The number of carbonyl (C=O) groups excluding carboxylic acids is 1. The zero-order valence-corrected chi connectivity index (χ0v) is 26.3. The van der Waals surface area contributed by atoms with Gasteiger partial charge in [-0.05, 0) is 42.7 Å². The predicted octanol–water partition coefficient (Wildman–Crippen LogP) is 3.16. The van der Waals surface area contributed by atoms with Gasteiger partial charge in [-0.25, -0.2) is 9.78 Å². The Morgan fingerprint density at radius 3 is 2.41 bits per heavy atom. The van der Waals surface area contributed by atoms with Gasteiger partial charge in [0.25, 0.3) is 0 Å². The van der Waals surface area contributed by atoms with Crippen molar-refractivity contribution in [3.8, 4) is 0 Å². The summed E-state index contributed by atoms with van der Waals surface area (Å²) >= 11 is 0. The minimum absolute atomic E-state index is 0.00953. The molecular weight excluding hydrogens is 643 g/mol. The van der Waals surface area contributed by atoms with Crippen LogP contribution in [0.2, 0.25) is 0 Å². The van der Waals surface area contributed by atoms with Gasteiger partial charge in [0.05, 0.1) is 12.4 Å². The Labute approximate surface area is 278 Å². The summed E-state index contributed by atoms with van der Waals surface area (Å²) in [6.45, 7) is 3.55. The normalized spacial score (nSPS) is 22.5. The number of aromatic nitrogens is 8. The van der Waals surface area contributed by atoms with Crippen molar-refractivity contribution in [2.45, 2.75) is 62.2 Å². The summed E-state index contributed by atoms with van der Waals surface area (Å²) in [7, 11) is 0. The first-order chi connectivity index (χ1) is 23.7. The van der Waals surface area contributed by atoms with Crippen molar-refractivity contribution >= 4 is 28.9 Å². The molecule has 4 N–H and O–H groups in total. The average molecular weight is 678 g/mol. The van der Waals surface area contributed by atoms with E-state index in [0.717, 1.165) is 28.9 Å². The number of esters is 1. The van der Waals surface area contributed by atoms with Gasteiger partial charge in [0.1, 0.15) is 12.1 Å². The molecule has 1 aliphatic heterocycles. The maximum atomic E-state index is 13.4. The van der Waals surface area contributed by atoms with Crippen LogP contribution in [0, 0.1) is 6.92 Å². The highest BCUT2D eigenvalue weighted by Gasteiger charge is 2.52. The van der Waals surface area contributed by atoms with Crippen molar-refractivity contribution in [1.82, 2.24) is 45.0 Å². The van der Waals surface area contributed by atoms with E-state index in [9.17, 15) is 23.1 Å². The molecule has 49 heavy (non-hydrogen) atoms. The standard InChI is InChI=1S/C32H34F3N11O3/c1-18-42-44-46(43-18)23-14-24(27(26(23)47)49-30(48)32(33,34)35)45-17-38-25-28(40-31(41-29(25)45)39-21-12-13-36-15-21)37-16-22(19-8-4-2-5-9-19)20-10-6-3-7-11-20/h2-11,17,21-24,26-27,36,47H,12-16H2,1H3,(H2,37,39,40,41)/t21-,23+,24-,26-,27+/m1/s1. The molecule has 0 amide bonds. The fourth-order valence-corrected chi connectivity index (χ4v) is 6.55. The predicted molar refractivity (Wildman–Crippen MR) is 171 cm³/mol. The lowest BCUT2D eigenvalue weighted by atomic mass is 9.91. The number of aliphatic hydroxyl groups excluding tert-OH is 1. The van der Waals surface area contributed by atoms with Crippen LogP contribution in [0.5, 0.6) is 0 Å². The molecule has 256 valence electrons. The number of nitrogens with zero attached hydrogens (tertiary/aromatic N) is 8. The van der Waals surface area contributed by atoms with Crippen LogP contribution in [-0.4, -0.2) is 94.9 Å². The molecule has 1 aliphatic carbocycles. The molecule has 0 unspecified atom stereocenters. The van der Waals surface area contributed by atoms with Gasteiger partial charge >= 0.3 is 12.1 Å². The summed E-state index contributed by atoms with van der Waals surface area (Å²) in [6.07, 6.45) is -6.27. The number of tetrazole rings is 1. The minimum atomic E-state index is -5.28. The van der Waals surface area contributed by atoms with E-state index in [1.165, 1.54) is 10.9 Å². The van der Waals surface area contributed by atoms with E-state index >= 15 is 0 Å². The van der Waals surface area contributed by atoms with Crippen LogP contribution >= 0.6 is 0 Å². The summed E-state index contributed by atoms with van der Waals surface area (Å²) in [5.74, 6) is -1.48. The number of fused-ring (bicyclic) bond motifs is 1. The highest BCUT2D eigenvalue weighted by Crippen LogP contribution is 2.42. The number of aryl methyl sites for hydroxylation is 1. The van der Waals surface area contributed by atoms with Crippen molar-refractivity contribution in [2.75, 3.05) is 30.3 Å². The van der Waals surface area contributed by atoms with Gasteiger partial charge in [0.2, 0.25) is 5.95 Å². The van der Waals surface area contributed by atoms with Crippen LogP contribution in [-0.2, 0) is 9.53 Å². The third kappa shape index (κ3) is 6.76. The lowest BCUT2D eigenvalue weighted by Crippen LogP contribution is -2.39. The highest BCUT2D eigenvalue weighted by atomic mass is 19.4. The second-order valence-corrected chi connectivity index (χ2v) is 12.2. The number of hydrogen-bond donors (Lipinski definition) is 4. The van der Waals surface area contributed by atoms with E-state index in [0.29, 0.717) is 30.2 Å². The molecule has 0 spiro atoms. The molecule has 5 aromatic rings. The van der Waals surface area contributed by atoms with Crippen molar-refractivity contribution < 1.29 is 27.8 Å². The zero-order valence-electron chi connectivity index (χ0n) is 26.3. The Bertz CT molecular complexity index is 1860. The van der Waals surface area contributed by atoms with E-state index in [1.54, 1.807) is 6.92 Å². The molecule has 1 saturated carbocycles. The van der Waals surface area contributed by atoms with Crippen LogP contribution < -0.4 is 16.0 Å². The molecule has 2 fully saturated rings. The molecule has 7 rings (SSSR count). The summed E-state index contributed by atoms with van der Waals surface area (Å²) < 4.78 is 46.7. The number of aliphatic hydroxyl groups is 1. The van der Waals surface area contributed by atoms with Crippen molar-refractivity contribution in [1.29, 1.82) is 0 Å². The lowest BCUT2D eigenvalue weighted by Gasteiger charge is -2.24. The first-order valence-corrected chi connectivity index (χ1v) is 15.9. The summed E-state index contributed by atoms with van der Waals surface area (Å²) in [6, 6.07) is 18.1. The van der Waals surface area contributed by atoms with Crippen LogP contribution in [0.1, 0.15) is 47.8 Å². The largest absolute Gasteiger partial charge is 0.490 e. The minimum Gasteiger partial charge on any atom is -0.451 e. The second-order valence-electron chi connectivity index (χ2n) is 12.2. The fraction of sp³-hybridized carbons (Fsp3) is 0.406. The third-order valence-corrected chi connectivity index (χ3v) is 8.94. The fourth-order valence-electron chi connectivity index (χ4n) is 6.55. The molecule has 1 saturated heterocycles. The number of imidazole rings is 1. The molecule has 2 aromatic carbocycles. The number of benzene rings is 2. The maximum Gasteiger partial charge on any atom is 0.490 e. The Kier molecular flexibility index (Phi) is 8.85. The summed E-state index contributed by atoms with van der Waals surface area (Å²) in [5.41, 5.74) is 2.80. The molecule has 0 radical (unpaired) electrons. The summed E-state index contributed by atoms with van der Waals surface area (Å²) in [4.78, 5) is 27.4. The maximum absolute atomic E-state index is 13.4. The molecule has 2 aliphatic rings. The number of halogens is 3. The Morgan fingerprint density at radius 1 is 1.08 bits per heavy atom. The number of carbonyl (C=O) groups is 1. The van der Waals surface area contributed by atoms with Gasteiger partial charge in [0, 0.05) is 25.0 Å². The van der Waals surface area contributed by atoms with Gasteiger partial charge in [-0.15, -0.1) is 10.2 Å². The van der Waals surface area contributed by atoms with E-state index < -0.39 is 36.4 Å². The first kappa shape index (κ1) is 32.4. The first-order valence-electron chi connectivity index (χ1n) is 15.9. The van der Waals surface area contributed by atoms with Crippen LogP contribution in [0.25, 0.3) is 11.2 Å². The van der Waals surface area contributed by atoms with Crippen molar-refractivity contribution in [2.24, 2.45) is 0 Å². The molecule has 14 nitrogen and oxygen atoms in total. The Morgan fingerprint density at radius 2 is 1.80 bits per heavy atom. The van der Waals surface area contributed by atoms with E-state index in [-0.39, 0.29) is 30.0 Å². The number of nitrogens with one attached hydrogen (secondary N) is 3. The molecule has 17 heteroatoms. The Hall–Kier alpha value is -5.16. The van der Waals surface area contributed by atoms with E-state index in [2.05, 4.69) is 60.6 Å². The van der Waals surface area contributed by atoms with Crippen molar-refractivity contribution in [3.05, 3.63) is 83.9 Å². The number of rotatable bonds is 10. The van der Waals surface area contributed by atoms with Gasteiger partial charge < -0.3 is 30.4 Å². The second kappa shape index (κ2) is 13.4. The Balaban J connectivity index is 1.27. The molecule has 5 atom stereocenters. The quantitative estimate of drug-likeness (QED) is 0.160. The van der Waals surface area contributed by atoms with E-state index in [4.69, 9.17) is 14.7 Å². The number of ether oxygens (including phenoxy) is 1. The monoisotopic (exact) mass is 677 g/mol. The number of alkyl halides is 3. The number of hydrogen-bond acceptors (Lipinski definition) is 12. The van der Waals surface area contributed by atoms with Gasteiger partial charge in [-0.3, -0.25) is 0 Å². The van der Waals surface area contributed by atoms with Gasteiger partial charge in [-0.1, -0.05) is 60.7 Å². The highest BCUT2D eigenvalue weighted by molar-refractivity contribution is 5.84. The molecule has 0 bridgehead atoms. The van der Waals surface area contributed by atoms with Crippen LogP contribution in [0.3, 0.4) is 0 Å². The molecular formula is C32H34F3N11O3. The van der Waals surface area contributed by atoms with Gasteiger partial charge in [0.15, 0.2) is 28.9 Å². The lowest BCUT2D eigenvalue weighted by molar-refractivity contribution is -0.210. The smallest absolute Gasteiger partial charge is 0.451 e. The molecule has 4 heterocycles. The average Bonchev–Trinajstić information content (AvgIpc) is 3.90. The third-order valence-electron chi connectivity index (χ3n) is 8.94.